The number of hydrogen-bond acceptors (Lipinski definition) is 3. The van der Waals surface area contributed by atoms with Gasteiger partial charge in [-0.3, -0.25) is 0 Å². The normalized spacial score (nSPS) is 11.1. The molecule has 0 aromatic heterocycles. The quantitative estimate of drug-likeness (QED) is 0.378. The van der Waals surface area contributed by atoms with Crippen LogP contribution in [0.4, 0.5) is 0 Å². The standard InChI is InChI=1S/C16H35NO2/c18-15-11-8-6-4-2-1-3-5-7-9-13-17-14-10-12-16-19/h17-19H,1-16H2. The van der Waals surface area contributed by atoms with E-state index in [9.17, 15) is 0 Å². The van der Waals surface area contributed by atoms with Crippen molar-refractivity contribution in [1.82, 2.24) is 5.32 Å². The minimum Gasteiger partial charge on any atom is -0.396 e. The molecule has 0 aliphatic carbocycles. The lowest BCUT2D eigenvalue weighted by Crippen LogP contribution is -2.16. The van der Waals surface area contributed by atoms with Crippen LogP contribution in [0.25, 0.3) is 0 Å². The molecule has 0 amide bonds. The monoisotopic (exact) mass is 273 g/mol. The van der Waals surface area contributed by atoms with E-state index in [0.717, 1.165) is 32.4 Å². The van der Waals surface area contributed by atoms with Crippen LogP contribution < -0.4 is 5.32 Å². The van der Waals surface area contributed by atoms with E-state index in [1.54, 1.807) is 0 Å². The molecule has 0 heterocycles. The summed E-state index contributed by atoms with van der Waals surface area (Å²) in [4.78, 5) is 0. The Morgan fingerprint density at radius 1 is 0.421 bits per heavy atom. The summed E-state index contributed by atoms with van der Waals surface area (Å²) in [6.45, 7) is 2.86. The second kappa shape index (κ2) is 17.9. The van der Waals surface area contributed by atoms with E-state index >= 15 is 0 Å². The average Bonchev–Trinajstić information content (AvgIpc) is 2.43. The van der Waals surface area contributed by atoms with Gasteiger partial charge in [0.25, 0.3) is 0 Å². The van der Waals surface area contributed by atoms with Gasteiger partial charge in [-0.2, -0.15) is 0 Å². The minimum atomic E-state index is 0.321. The molecule has 3 N–H and O–H groups in total. The van der Waals surface area contributed by atoms with Crippen LogP contribution in [0.2, 0.25) is 0 Å². The third-order valence-electron chi connectivity index (χ3n) is 3.52. The van der Waals surface area contributed by atoms with Crippen LogP contribution in [0.3, 0.4) is 0 Å². The van der Waals surface area contributed by atoms with Gasteiger partial charge in [0, 0.05) is 13.2 Å². The zero-order chi connectivity index (χ0) is 14.0. The van der Waals surface area contributed by atoms with E-state index in [1.165, 1.54) is 57.8 Å². The summed E-state index contributed by atoms with van der Waals surface area (Å²) in [7, 11) is 0. The van der Waals surface area contributed by atoms with E-state index in [-0.39, 0.29) is 0 Å². The molecule has 0 spiro atoms. The van der Waals surface area contributed by atoms with Gasteiger partial charge in [0.15, 0.2) is 0 Å². The second-order valence-electron chi connectivity index (χ2n) is 5.44. The van der Waals surface area contributed by atoms with Gasteiger partial charge in [0.2, 0.25) is 0 Å². The van der Waals surface area contributed by atoms with E-state index in [0.29, 0.717) is 13.2 Å². The van der Waals surface area contributed by atoms with Crippen LogP contribution in [0.5, 0.6) is 0 Å². The number of aliphatic hydroxyl groups excluding tert-OH is 2. The van der Waals surface area contributed by atoms with Crippen LogP contribution in [0, 0.1) is 0 Å². The highest BCUT2D eigenvalue weighted by Crippen LogP contribution is 2.10. The molecule has 0 aromatic rings. The Labute approximate surface area is 119 Å². The van der Waals surface area contributed by atoms with Crippen LogP contribution in [-0.2, 0) is 0 Å². The maximum atomic E-state index is 8.65. The molecule has 0 saturated carbocycles. The van der Waals surface area contributed by atoms with Gasteiger partial charge < -0.3 is 15.5 Å². The van der Waals surface area contributed by atoms with Crippen LogP contribution in [-0.4, -0.2) is 36.5 Å². The van der Waals surface area contributed by atoms with Crippen molar-refractivity contribution < 1.29 is 10.2 Å². The molecular weight excluding hydrogens is 238 g/mol. The highest BCUT2D eigenvalue weighted by molar-refractivity contribution is 4.51. The molecule has 0 atom stereocenters. The zero-order valence-electron chi connectivity index (χ0n) is 12.7. The zero-order valence-corrected chi connectivity index (χ0v) is 12.7. The Morgan fingerprint density at radius 2 is 0.737 bits per heavy atom. The van der Waals surface area contributed by atoms with E-state index in [4.69, 9.17) is 10.2 Å². The first-order chi connectivity index (χ1) is 9.41. The Morgan fingerprint density at radius 3 is 1.21 bits per heavy atom. The van der Waals surface area contributed by atoms with Crippen molar-refractivity contribution in [2.45, 2.75) is 77.0 Å². The van der Waals surface area contributed by atoms with Crippen molar-refractivity contribution in [3.05, 3.63) is 0 Å². The van der Waals surface area contributed by atoms with Crippen molar-refractivity contribution in [1.29, 1.82) is 0 Å². The number of unbranched alkanes of at least 4 members (excludes halogenated alkanes) is 10. The van der Waals surface area contributed by atoms with Gasteiger partial charge in [0.1, 0.15) is 0 Å². The summed E-state index contributed by atoms with van der Waals surface area (Å²) < 4.78 is 0. The number of hydrogen-bond donors (Lipinski definition) is 3. The molecule has 116 valence electrons. The number of aliphatic hydroxyl groups is 2. The largest absolute Gasteiger partial charge is 0.396 e. The van der Waals surface area contributed by atoms with Crippen molar-refractivity contribution in [2.24, 2.45) is 0 Å². The van der Waals surface area contributed by atoms with E-state index < -0.39 is 0 Å². The average molecular weight is 273 g/mol. The van der Waals surface area contributed by atoms with Crippen molar-refractivity contribution in [3.8, 4) is 0 Å². The molecule has 3 heteroatoms. The SMILES string of the molecule is OCCCCCCCCCCCCNCCCCO. The first kappa shape index (κ1) is 18.9. The molecular formula is C16H35NO2. The van der Waals surface area contributed by atoms with E-state index in [1.807, 2.05) is 0 Å². The fraction of sp³-hybridized carbons (Fsp3) is 1.00. The Kier molecular flexibility index (Phi) is 17.8. The molecule has 3 nitrogen and oxygen atoms in total. The molecule has 0 fully saturated rings. The molecule has 0 unspecified atom stereocenters. The maximum absolute atomic E-state index is 8.65. The van der Waals surface area contributed by atoms with Crippen molar-refractivity contribution >= 4 is 0 Å². The summed E-state index contributed by atoms with van der Waals surface area (Å²) in [5.41, 5.74) is 0. The third kappa shape index (κ3) is 17.9. The number of nitrogens with one attached hydrogen (secondary N) is 1. The van der Waals surface area contributed by atoms with Gasteiger partial charge >= 0.3 is 0 Å². The molecule has 0 bridgehead atoms. The molecule has 0 aromatic carbocycles. The highest BCUT2D eigenvalue weighted by atomic mass is 16.3. The van der Waals surface area contributed by atoms with Gasteiger partial charge in [-0.05, 0) is 38.8 Å². The van der Waals surface area contributed by atoms with Gasteiger partial charge in [-0.1, -0.05) is 51.4 Å². The lowest BCUT2D eigenvalue weighted by Gasteiger charge is -2.04. The van der Waals surface area contributed by atoms with Gasteiger partial charge in [-0.15, -0.1) is 0 Å². The lowest BCUT2D eigenvalue weighted by atomic mass is 10.1. The van der Waals surface area contributed by atoms with E-state index in [2.05, 4.69) is 5.32 Å². The predicted octanol–water partition coefficient (Wildman–Crippen LogP) is 3.24. The summed E-state index contributed by atoms with van der Waals surface area (Å²) in [6, 6.07) is 0. The molecule has 0 rings (SSSR count). The predicted molar refractivity (Wildman–Crippen MR) is 82.4 cm³/mol. The minimum absolute atomic E-state index is 0.321. The Balaban J connectivity index is 2.88. The van der Waals surface area contributed by atoms with Crippen LogP contribution in [0.15, 0.2) is 0 Å². The summed E-state index contributed by atoms with van der Waals surface area (Å²) in [5.74, 6) is 0. The highest BCUT2D eigenvalue weighted by Gasteiger charge is 1.93. The summed E-state index contributed by atoms with van der Waals surface area (Å²) in [5, 5.41) is 20.7. The Bertz CT molecular complexity index is 138. The first-order valence-corrected chi connectivity index (χ1v) is 8.34. The molecule has 0 aliphatic rings. The summed E-state index contributed by atoms with van der Waals surface area (Å²) >= 11 is 0. The molecule has 0 aliphatic heterocycles. The smallest absolute Gasteiger partial charge is 0.0431 e. The van der Waals surface area contributed by atoms with Crippen molar-refractivity contribution in [2.75, 3.05) is 26.3 Å². The summed E-state index contributed by atoms with van der Waals surface area (Å²) in [6.07, 6.45) is 14.9. The topological polar surface area (TPSA) is 52.5 Å². The van der Waals surface area contributed by atoms with Crippen LogP contribution in [0.1, 0.15) is 77.0 Å². The molecule has 0 radical (unpaired) electrons. The third-order valence-corrected chi connectivity index (χ3v) is 3.52. The van der Waals surface area contributed by atoms with Crippen LogP contribution >= 0.6 is 0 Å². The molecule has 0 saturated heterocycles. The van der Waals surface area contributed by atoms with Crippen molar-refractivity contribution in [3.63, 3.8) is 0 Å². The first-order valence-electron chi connectivity index (χ1n) is 8.34. The van der Waals surface area contributed by atoms with Gasteiger partial charge in [0.05, 0.1) is 0 Å². The fourth-order valence-electron chi connectivity index (χ4n) is 2.26. The van der Waals surface area contributed by atoms with Gasteiger partial charge in [-0.25, -0.2) is 0 Å². The second-order valence-corrected chi connectivity index (χ2v) is 5.44. The fourth-order valence-corrected chi connectivity index (χ4v) is 2.26. The molecule has 19 heavy (non-hydrogen) atoms. The lowest BCUT2D eigenvalue weighted by molar-refractivity contribution is 0.282. The Hall–Kier alpha value is -0.120. The number of rotatable bonds is 16. The maximum Gasteiger partial charge on any atom is 0.0431 e.